The van der Waals surface area contributed by atoms with Gasteiger partial charge in [0.25, 0.3) is 0 Å². The summed E-state index contributed by atoms with van der Waals surface area (Å²) < 4.78 is 5.34. The van der Waals surface area contributed by atoms with Crippen LogP contribution in [-0.4, -0.2) is 82.3 Å². The lowest BCUT2D eigenvalue weighted by atomic mass is 10.1. The Morgan fingerprint density at radius 1 is 0.652 bits per heavy atom. The van der Waals surface area contributed by atoms with E-state index in [1.807, 2.05) is 54.6 Å². The van der Waals surface area contributed by atoms with Gasteiger partial charge in [-0.3, -0.25) is 5.32 Å². The smallest absolute Gasteiger partial charge is 0.411 e. The molecule has 2 saturated heterocycles. The van der Waals surface area contributed by atoms with E-state index >= 15 is 0 Å². The second kappa shape index (κ2) is 14.5. The molecule has 1 amide bonds. The number of nitrogens with one attached hydrogen (secondary N) is 1. The van der Waals surface area contributed by atoms with Crippen LogP contribution in [0.2, 0.25) is 0 Å². The Morgan fingerprint density at radius 3 is 1.78 bits per heavy atom. The largest absolute Gasteiger partial charge is 0.444 e. The van der Waals surface area contributed by atoms with Crippen LogP contribution < -0.4 is 20.9 Å². The van der Waals surface area contributed by atoms with Crippen LogP contribution in [0.1, 0.15) is 5.56 Å². The number of fused-ring (bicyclic) bond motifs is 2. The molecule has 46 heavy (non-hydrogen) atoms. The molecule has 5 aromatic carbocycles. The molecule has 0 atom stereocenters. The van der Waals surface area contributed by atoms with Gasteiger partial charge in [0, 0.05) is 85.9 Å². The predicted molar refractivity (Wildman–Crippen MR) is 192 cm³/mol. The first-order valence-electron chi connectivity index (χ1n) is 16.1. The summed E-state index contributed by atoms with van der Waals surface area (Å²) in [7, 11) is 4.34. The van der Waals surface area contributed by atoms with E-state index in [9.17, 15) is 4.79 Å². The van der Waals surface area contributed by atoms with Gasteiger partial charge in [-0.2, -0.15) is 0 Å². The fourth-order valence-corrected chi connectivity index (χ4v) is 6.13. The van der Waals surface area contributed by atoms with Crippen molar-refractivity contribution in [1.82, 2.24) is 9.80 Å². The Balaban J connectivity index is 0.000000178. The summed E-state index contributed by atoms with van der Waals surface area (Å²) >= 11 is 0. The molecule has 0 radical (unpaired) electrons. The number of likely N-dealkylation sites (N-methyl/N-ethyl adjacent to an activating group) is 2. The zero-order chi connectivity index (χ0) is 31.9. The Bertz CT molecular complexity index is 1760. The molecule has 238 valence electrons. The van der Waals surface area contributed by atoms with Crippen molar-refractivity contribution < 1.29 is 9.53 Å². The number of nitrogens with two attached hydrogens (primary N) is 1. The van der Waals surface area contributed by atoms with Crippen LogP contribution in [-0.2, 0) is 11.3 Å². The molecule has 0 saturated carbocycles. The molecule has 5 aromatic rings. The number of amides is 1. The Kier molecular flexibility index (Phi) is 9.86. The molecule has 0 unspecified atom stereocenters. The summed E-state index contributed by atoms with van der Waals surface area (Å²) in [6, 6.07) is 34.7. The van der Waals surface area contributed by atoms with Crippen LogP contribution in [0, 0.1) is 0 Å². The average molecular weight is 617 g/mol. The summed E-state index contributed by atoms with van der Waals surface area (Å²) in [5.41, 5.74) is 11.0. The number of carbonyl (C=O) groups is 1. The van der Waals surface area contributed by atoms with E-state index in [2.05, 4.69) is 87.5 Å². The van der Waals surface area contributed by atoms with Gasteiger partial charge in [-0.1, -0.05) is 66.7 Å². The van der Waals surface area contributed by atoms with Crippen LogP contribution in [0.4, 0.5) is 27.5 Å². The molecule has 8 nitrogen and oxygen atoms in total. The topological polar surface area (TPSA) is 77.3 Å². The number of benzene rings is 5. The van der Waals surface area contributed by atoms with Gasteiger partial charge in [0.2, 0.25) is 0 Å². The van der Waals surface area contributed by atoms with E-state index in [1.54, 1.807) is 0 Å². The maximum absolute atomic E-state index is 12.2. The monoisotopic (exact) mass is 616 g/mol. The van der Waals surface area contributed by atoms with E-state index < -0.39 is 6.09 Å². The lowest BCUT2D eigenvalue weighted by molar-refractivity contribution is 0.155. The van der Waals surface area contributed by atoms with Crippen molar-refractivity contribution in [2.45, 2.75) is 6.61 Å². The Morgan fingerprint density at radius 2 is 1.20 bits per heavy atom. The van der Waals surface area contributed by atoms with Crippen LogP contribution in [0.5, 0.6) is 0 Å². The number of ether oxygens (including phenoxy) is 1. The molecule has 0 spiro atoms. The molecule has 2 fully saturated rings. The molecule has 0 aliphatic carbocycles. The molecular weight excluding hydrogens is 572 g/mol. The van der Waals surface area contributed by atoms with Gasteiger partial charge < -0.3 is 30.1 Å². The van der Waals surface area contributed by atoms with E-state index in [1.165, 1.54) is 27.5 Å². The Labute approximate surface area is 271 Å². The summed E-state index contributed by atoms with van der Waals surface area (Å²) in [5, 5.41) is 7.70. The molecule has 8 heteroatoms. The van der Waals surface area contributed by atoms with Crippen molar-refractivity contribution in [3.05, 3.63) is 109 Å². The molecule has 7 rings (SSSR count). The number of piperazine rings is 2. The van der Waals surface area contributed by atoms with Gasteiger partial charge >= 0.3 is 6.09 Å². The normalized spacial score (nSPS) is 15.8. The lowest BCUT2D eigenvalue weighted by Crippen LogP contribution is -2.44. The highest BCUT2D eigenvalue weighted by Crippen LogP contribution is 2.31. The minimum absolute atomic E-state index is 0.257. The number of hydrogen-bond donors (Lipinski definition) is 2. The van der Waals surface area contributed by atoms with Crippen LogP contribution in [0.3, 0.4) is 0 Å². The fourth-order valence-electron chi connectivity index (χ4n) is 6.13. The van der Waals surface area contributed by atoms with Crippen molar-refractivity contribution in [2.75, 3.05) is 87.3 Å². The zero-order valence-corrected chi connectivity index (χ0v) is 26.9. The summed E-state index contributed by atoms with van der Waals surface area (Å²) in [6.45, 7) is 8.80. The summed E-state index contributed by atoms with van der Waals surface area (Å²) in [5.74, 6) is 0. The minimum Gasteiger partial charge on any atom is -0.444 e. The van der Waals surface area contributed by atoms with Crippen LogP contribution in [0.15, 0.2) is 103 Å². The number of anilines is 4. The molecule has 2 heterocycles. The molecule has 3 N–H and O–H groups in total. The quantitative estimate of drug-likeness (QED) is 0.218. The minimum atomic E-state index is -0.444. The van der Waals surface area contributed by atoms with Gasteiger partial charge in [-0.25, -0.2) is 4.79 Å². The van der Waals surface area contributed by atoms with Gasteiger partial charge in [-0.05, 0) is 66.8 Å². The maximum atomic E-state index is 12.2. The standard InChI is InChI=1S/C23H25N3O2.C15H19N3/c1-25-12-14-26(15-13-25)22-9-5-8-19-10-11-20(16-21(19)22)24-23(27)28-17-18-6-3-2-4-7-18;1-17-7-9-18(10-8-17)15-4-2-3-12-5-6-13(16)11-14(12)15/h2-11,16H,12-15,17H2,1H3,(H,24,27);2-6,11H,7-10,16H2,1H3. The highest BCUT2D eigenvalue weighted by Gasteiger charge is 2.18. The van der Waals surface area contributed by atoms with Crippen LogP contribution in [0.25, 0.3) is 21.5 Å². The first kappa shape index (κ1) is 31.2. The number of rotatable bonds is 5. The number of carbonyl (C=O) groups excluding carboxylic acids is 1. The third-order valence-corrected chi connectivity index (χ3v) is 8.89. The summed E-state index contributed by atoms with van der Waals surface area (Å²) in [4.78, 5) is 21.8. The first-order chi connectivity index (χ1) is 22.4. The van der Waals surface area contributed by atoms with Crippen LogP contribution >= 0.6 is 0 Å². The van der Waals surface area contributed by atoms with Crippen molar-refractivity contribution in [2.24, 2.45) is 0 Å². The molecule has 2 aliphatic heterocycles. The maximum Gasteiger partial charge on any atom is 0.411 e. The highest BCUT2D eigenvalue weighted by molar-refractivity contribution is 5.98. The van der Waals surface area contributed by atoms with E-state index in [4.69, 9.17) is 10.5 Å². The predicted octanol–water partition coefficient (Wildman–Crippen LogP) is 6.51. The van der Waals surface area contributed by atoms with E-state index in [-0.39, 0.29) is 6.61 Å². The highest BCUT2D eigenvalue weighted by atomic mass is 16.5. The van der Waals surface area contributed by atoms with Crippen molar-refractivity contribution in [3.63, 3.8) is 0 Å². The number of nitrogens with zero attached hydrogens (tertiary/aromatic N) is 4. The van der Waals surface area contributed by atoms with E-state index in [0.29, 0.717) is 0 Å². The fraction of sp³-hybridized carbons (Fsp3) is 0.289. The van der Waals surface area contributed by atoms with Crippen molar-refractivity contribution >= 4 is 50.4 Å². The first-order valence-corrected chi connectivity index (χ1v) is 16.1. The van der Waals surface area contributed by atoms with Crippen molar-refractivity contribution in [3.8, 4) is 0 Å². The SMILES string of the molecule is CN1CCN(c2cccc3ccc(N)cc23)CC1.CN1CCN(c2cccc3ccc(NC(=O)OCc4ccccc4)cc23)CC1. The molecule has 2 aliphatic rings. The molecular formula is C38H44N6O2. The number of nitrogen functional groups attached to an aromatic ring is 1. The van der Waals surface area contributed by atoms with Crippen molar-refractivity contribution in [1.29, 1.82) is 0 Å². The summed E-state index contributed by atoms with van der Waals surface area (Å²) in [6.07, 6.45) is -0.444. The lowest BCUT2D eigenvalue weighted by Gasteiger charge is -2.34. The van der Waals surface area contributed by atoms with Gasteiger partial charge in [0.15, 0.2) is 0 Å². The van der Waals surface area contributed by atoms with E-state index in [0.717, 1.165) is 74.7 Å². The average Bonchev–Trinajstić information content (AvgIpc) is 3.08. The second-order valence-corrected chi connectivity index (χ2v) is 12.2. The second-order valence-electron chi connectivity index (χ2n) is 12.2. The molecule has 0 aromatic heterocycles. The van der Waals surface area contributed by atoms with Gasteiger partial charge in [0.1, 0.15) is 6.61 Å². The number of hydrogen-bond acceptors (Lipinski definition) is 7. The zero-order valence-electron chi connectivity index (χ0n) is 26.9. The Hall–Kier alpha value is -4.79. The van der Waals surface area contributed by atoms with Gasteiger partial charge in [-0.15, -0.1) is 0 Å². The third kappa shape index (κ3) is 7.70. The molecule has 0 bridgehead atoms. The van der Waals surface area contributed by atoms with Gasteiger partial charge in [0.05, 0.1) is 0 Å². The third-order valence-electron chi connectivity index (χ3n) is 8.89.